The summed E-state index contributed by atoms with van der Waals surface area (Å²) in [5.41, 5.74) is 1.68. The molecular weight excluding hydrogens is 278 g/mol. The predicted molar refractivity (Wildman–Crippen MR) is 81.7 cm³/mol. The molecule has 1 saturated carbocycles. The fraction of sp³-hybridized carbons (Fsp3) is 0.375. The van der Waals surface area contributed by atoms with Gasteiger partial charge in [-0.1, -0.05) is 24.3 Å². The van der Waals surface area contributed by atoms with Crippen molar-refractivity contribution < 1.29 is 4.79 Å². The van der Waals surface area contributed by atoms with Gasteiger partial charge in [-0.25, -0.2) is 4.68 Å². The Morgan fingerprint density at radius 3 is 2.91 bits per heavy atom. The van der Waals surface area contributed by atoms with Crippen LogP contribution in [-0.4, -0.2) is 26.1 Å². The zero-order chi connectivity index (χ0) is 15.1. The summed E-state index contributed by atoms with van der Waals surface area (Å²) in [5.74, 6) is 1.91. The number of hydrogen-bond acceptors (Lipinski definition) is 4. The minimum Gasteiger partial charge on any atom is -0.326 e. The monoisotopic (exact) mass is 295 g/mol. The maximum atomic E-state index is 12.5. The molecule has 0 radical (unpaired) electrons. The van der Waals surface area contributed by atoms with Crippen molar-refractivity contribution in [2.75, 3.05) is 5.32 Å². The molecule has 0 spiro atoms. The Morgan fingerprint density at radius 1 is 1.32 bits per heavy atom. The first kappa shape index (κ1) is 13.2. The van der Waals surface area contributed by atoms with E-state index in [4.69, 9.17) is 0 Å². The van der Waals surface area contributed by atoms with E-state index in [1.54, 1.807) is 11.7 Å². The van der Waals surface area contributed by atoms with Crippen LogP contribution < -0.4 is 5.32 Å². The number of carbonyl (C=O) groups excluding carboxylic acids is 1. The van der Waals surface area contributed by atoms with E-state index >= 15 is 0 Å². The zero-order valence-corrected chi connectivity index (χ0v) is 12.3. The van der Waals surface area contributed by atoms with Crippen molar-refractivity contribution in [3.05, 3.63) is 36.4 Å². The summed E-state index contributed by atoms with van der Waals surface area (Å²) in [5, 5.41) is 14.5. The molecule has 2 aliphatic carbocycles. The SMILES string of the molecule is Cn1nnnc1-c1cccc(NC(=O)[C@H]2C[C@H]3C=C[C@H]2C3)c1. The lowest BCUT2D eigenvalue weighted by Gasteiger charge is -2.17. The van der Waals surface area contributed by atoms with Gasteiger partial charge in [0.05, 0.1) is 0 Å². The lowest BCUT2D eigenvalue weighted by molar-refractivity contribution is -0.120. The fourth-order valence-corrected chi connectivity index (χ4v) is 3.53. The normalized spacial score (nSPS) is 25.6. The molecule has 1 N–H and O–H groups in total. The highest BCUT2D eigenvalue weighted by Crippen LogP contribution is 2.43. The maximum absolute atomic E-state index is 12.5. The van der Waals surface area contributed by atoms with Crippen molar-refractivity contribution in [3.63, 3.8) is 0 Å². The molecule has 1 aromatic heterocycles. The predicted octanol–water partition coefficient (Wildman–Crippen LogP) is 2.03. The van der Waals surface area contributed by atoms with E-state index in [1.807, 2.05) is 24.3 Å². The molecular formula is C16H17N5O. The molecule has 1 aromatic carbocycles. The van der Waals surface area contributed by atoms with Crippen LogP contribution in [0.1, 0.15) is 12.8 Å². The number of allylic oxidation sites excluding steroid dienone is 2. The van der Waals surface area contributed by atoms with Gasteiger partial charge >= 0.3 is 0 Å². The first-order valence-electron chi connectivity index (χ1n) is 7.52. The lowest BCUT2D eigenvalue weighted by atomic mass is 9.93. The average Bonchev–Trinajstić information content (AvgIpc) is 3.23. The Kier molecular flexibility index (Phi) is 3.03. The van der Waals surface area contributed by atoms with Crippen molar-refractivity contribution in [3.8, 4) is 11.4 Å². The molecule has 2 aromatic rings. The Morgan fingerprint density at radius 2 is 2.23 bits per heavy atom. The summed E-state index contributed by atoms with van der Waals surface area (Å²) >= 11 is 0. The smallest absolute Gasteiger partial charge is 0.228 e. The lowest BCUT2D eigenvalue weighted by Crippen LogP contribution is -2.25. The third-order valence-electron chi connectivity index (χ3n) is 4.62. The van der Waals surface area contributed by atoms with Gasteiger partial charge in [0.25, 0.3) is 0 Å². The van der Waals surface area contributed by atoms with Crippen molar-refractivity contribution in [2.24, 2.45) is 24.8 Å². The number of tetrazole rings is 1. The molecule has 4 rings (SSSR count). The number of aromatic nitrogens is 4. The van der Waals surface area contributed by atoms with E-state index in [9.17, 15) is 4.79 Å². The highest BCUT2D eigenvalue weighted by molar-refractivity contribution is 5.93. The van der Waals surface area contributed by atoms with Gasteiger partial charge in [-0.3, -0.25) is 4.79 Å². The first-order valence-corrected chi connectivity index (χ1v) is 7.52. The van der Waals surface area contributed by atoms with E-state index in [0.717, 1.165) is 24.1 Å². The second-order valence-electron chi connectivity index (χ2n) is 6.08. The molecule has 1 fully saturated rings. The molecule has 0 aliphatic heterocycles. The maximum Gasteiger partial charge on any atom is 0.228 e. The molecule has 2 bridgehead atoms. The van der Waals surface area contributed by atoms with E-state index < -0.39 is 0 Å². The number of aryl methyl sites for hydroxylation is 1. The van der Waals surface area contributed by atoms with Crippen LogP contribution in [0.25, 0.3) is 11.4 Å². The van der Waals surface area contributed by atoms with Crippen LogP contribution >= 0.6 is 0 Å². The Hall–Kier alpha value is -2.50. The van der Waals surface area contributed by atoms with Crippen LogP contribution in [0, 0.1) is 17.8 Å². The van der Waals surface area contributed by atoms with Crippen LogP contribution in [-0.2, 0) is 11.8 Å². The van der Waals surface area contributed by atoms with Crippen molar-refractivity contribution in [1.82, 2.24) is 20.2 Å². The Balaban J connectivity index is 1.53. The van der Waals surface area contributed by atoms with Crippen molar-refractivity contribution in [1.29, 1.82) is 0 Å². The summed E-state index contributed by atoms with van der Waals surface area (Å²) in [4.78, 5) is 12.5. The summed E-state index contributed by atoms with van der Waals surface area (Å²) in [6.45, 7) is 0. The van der Waals surface area contributed by atoms with E-state index in [1.165, 1.54) is 0 Å². The van der Waals surface area contributed by atoms with E-state index in [0.29, 0.717) is 17.7 Å². The second-order valence-corrected chi connectivity index (χ2v) is 6.08. The van der Waals surface area contributed by atoms with Crippen LogP contribution in [0.3, 0.4) is 0 Å². The van der Waals surface area contributed by atoms with Gasteiger partial charge in [0, 0.05) is 24.2 Å². The first-order chi connectivity index (χ1) is 10.7. The van der Waals surface area contributed by atoms with Crippen LogP contribution in [0.5, 0.6) is 0 Å². The molecule has 3 atom stereocenters. The molecule has 0 unspecified atom stereocenters. The molecule has 22 heavy (non-hydrogen) atoms. The minimum absolute atomic E-state index is 0.107. The van der Waals surface area contributed by atoms with Gasteiger partial charge in [-0.2, -0.15) is 0 Å². The van der Waals surface area contributed by atoms with Gasteiger partial charge in [-0.15, -0.1) is 5.10 Å². The third kappa shape index (κ3) is 2.20. The minimum atomic E-state index is 0.107. The number of rotatable bonds is 3. The number of carbonyl (C=O) groups is 1. The molecule has 1 amide bonds. The number of fused-ring (bicyclic) bond motifs is 2. The topological polar surface area (TPSA) is 72.7 Å². The highest BCUT2D eigenvalue weighted by atomic mass is 16.1. The summed E-state index contributed by atoms with van der Waals surface area (Å²) < 4.78 is 1.61. The van der Waals surface area contributed by atoms with E-state index in [2.05, 4.69) is 33.0 Å². The fourth-order valence-electron chi connectivity index (χ4n) is 3.53. The summed E-state index contributed by atoms with van der Waals surface area (Å²) in [6.07, 6.45) is 6.54. The number of hydrogen-bond donors (Lipinski definition) is 1. The quantitative estimate of drug-likeness (QED) is 0.879. The number of amides is 1. The molecule has 6 nitrogen and oxygen atoms in total. The number of benzene rings is 1. The van der Waals surface area contributed by atoms with Gasteiger partial charge < -0.3 is 5.32 Å². The standard InChI is InChI=1S/C16H17N5O/c1-21-15(18-19-20-21)12-3-2-4-13(9-12)17-16(22)14-8-10-5-6-11(14)7-10/h2-6,9-11,14H,7-8H2,1H3,(H,17,22)/t10-,11-,14-/m0/s1. The largest absolute Gasteiger partial charge is 0.326 e. The summed E-state index contributed by atoms with van der Waals surface area (Å²) in [6, 6.07) is 7.64. The van der Waals surface area contributed by atoms with Crippen molar-refractivity contribution in [2.45, 2.75) is 12.8 Å². The molecule has 6 heteroatoms. The van der Waals surface area contributed by atoms with Crippen molar-refractivity contribution >= 4 is 11.6 Å². The number of anilines is 1. The van der Waals surface area contributed by atoms with Crippen LogP contribution in [0.15, 0.2) is 36.4 Å². The highest BCUT2D eigenvalue weighted by Gasteiger charge is 2.39. The van der Waals surface area contributed by atoms with Gasteiger partial charge in [0.15, 0.2) is 5.82 Å². The molecule has 1 heterocycles. The zero-order valence-electron chi connectivity index (χ0n) is 12.3. The van der Waals surface area contributed by atoms with Crippen LogP contribution in [0.2, 0.25) is 0 Å². The molecule has 112 valence electrons. The second kappa shape index (κ2) is 5.05. The molecule has 2 aliphatic rings. The molecule has 0 saturated heterocycles. The Labute approximate surface area is 128 Å². The Bertz CT molecular complexity index is 750. The van der Waals surface area contributed by atoms with Gasteiger partial charge in [0.1, 0.15) is 0 Å². The van der Waals surface area contributed by atoms with Gasteiger partial charge in [-0.05, 0) is 47.2 Å². The van der Waals surface area contributed by atoms with E-state index in [-0.39, 0.29) is 11.8 Å². The van der Waals surface area contributed by atoms with Crippen LogP contribution in [0.4, 0.5) is 5.69 Å². The number of nitrogens with zero attached hydrogens (tertiary/aromatic N) is 4. The number of nitrogens with one attached hydrogen (secondary N) is 1. The van der Waals surface area contributed by atoms with Gasteiger partial charge in [0.2, 0.25) is 5.91 Å². The summed E-state index contributed by atoms with van der Waals surface area (Å²) in [7, 11) is 1.79. The third-order valence-corrected chi connectivity index (χ3v) is 4.62. The average molecular weight is 295 g/mol.